The van der Waals surface area contributed by atoms with Crippen LogP contribution in [-0.2, 0) is 23.3 Å². The number of carbonyl (C=O) groups is 1. The van der Waals surface area contributed by atoms with Gasteiger partial charge in [0, 0.05) is 5.94 Å². The lowest BCUT2D eigenvalue weighted by Gasteiger charge is -2.39. The van der Waals surface area contributed by atoms with Gasteiger partial charge in [-0.25, -0.2) is 0 Å². The summed E-state index contributed by atoms with van der Waals surface area (Å²) >= 11 is 0. The van der Waals surface area contributed by atoms with Crippen LogP contribution in [0.4, 0.5) is 0 Å². The highest BCUT2D eigenvalue weighted by atomic mass is 28.4. The minimum atomic E-state index is -2.05. The average Bonchev–Trinajstić information content (AvgIpc) is 2.69. The lowest BCUT2D eigenvalue weighted by molar-refractivity contribution is -0.156. The zero-order chi connectivity index (χ0) is 23.8. The van der Waals surface area contributed by atoms with Crippen LogP contribution in [0.15, 0.2) is 0 Å². The van der Waals surface area contributed by atoms with E-state index >= 15 is 0 Å². The Labute approximate surface area is 186 Å². The summed E-state index contributed by atoms with van der Waals surface area (Å²) in [5.41, 5.74) is 5.10. The first kappa shape index (κ1) is 27.6. The van der Waals surface area contributed by atoms with Crippen LogP contribution in [-0.4, -0.2) is 50.3 Å². The largest absolute Gasteiger partial charge is 0.475 e. The number of nitrogens with two attached hydrogens (primary N) is 1. The summed E-state index contributed by atoms with van der Waals surface area (Å²) in [6, 6.07) is 0. The minimum absolute atomic E-state index is 0.0486. The van der Waals surface area contributed by atoms with Crippen molar-refractivity contribution in [2.45, 2.75) is 135 Å². The molecule has 0 saturated carbocycles. The topological polar surface area (TPSA) is 80.0 Å². The fraction of sp³-hybridized carbons (Fsp3) is 0.955. The van der Waals surface area contributed by atoms with Crippen molar-refractivity contribution in [3.63, 3.8) is 0 Å². The number of rotatable bonds is 8. The molecule has 0 aromatic carbocycles. The lowest BCUT2D eigenvalue weighted by Crippen LogP contribution is -2.46. The van der Waals surface area contributed by atoms with Crippen molar-refractivity contribution in [3.05, 3.63) is 0 Å². The molecule has 0 bridgehead atoms. The van der Waals surface area contributed by atoms with Gasteiger partial charge in [0.05, 0.1) is 23.7 Å². The normalized spacial score (nSPS) is 21.4. The van der Waals surface area contributed by atoms with Crippen molar-refractivity contribution in [2.75, 3.05) is 0 Å². The van der Waals surface area contributed by atoms with Gasteiger partial charge < -0.3 is 24.2 Å². The molecular weight excluding hydrogens is 397 g/mol. The molecule has 2 N–H and O–H groups in total. The third-order valence-corrected chi connectivity index (χ3v) is 11.1. The van der Waals surface area contributed by atoms with Gasteiger partial charge in [0.25, 0.3) is 0 Å². The van der Waals surface area contributed by atoms with E-state index in [1.807, 2.05) is 48.5 Å². The molecule has 0 aromatic rings. The summed E-state index contributed by atoms with van der Waals surface area (Å²) in [6.07, 6.45) is 1.27. The van der Waals surface area contributed by atoms with E-state index in [0.717, 1.165) is 0 Å². The molecular formula is C22H46BNO5Si. The molecule has 30 heavy (non-hydrogen) atoms. The van der Waals surface area contributed by atoms with Crippen LogP contribution in [0.5, 0.6) is 0 Å². The third-order valence-electron chi connectivity index (χ3n) is 6.52. The molecule has 0 radical (unpaired) electrons. The fourth-order valence-corrected chi connectivity index (χ4v) is 4.33. The van der Waals surface area contributed by atoms with Crippen LogP contribution >= 0.6 is 0 Å². The van der Waals surface area contributed by atoms with Crippen molar-refractivity contribution < 1.29 is 23.3 Å². The first-order valence-electron chi connectivity index (χ1n) is 11.2. The predicted octanol–water partition coefficient (Wildman–Crippen LogP) is 4.85. The van der Waals surface area contributed by atoms with E-state index in [-0.39, 0.29) is 29.5 Å². The van der Waals surface area contributed by atoms with E-state index in [4.69, 9.17) is 24.2 Å². The molecule has 0 aromatic heterocycles. The van der Waals surface area contributed by atoms with Crippen LogP contribution < -0.4 is 5.73 Å². The summed E-state index contributed by atoms with van der Waals surface area (Å²) in [5, 5.41) is 0.0486. The second kappa shape index (κ2) is 9.22. The Kier molecular flexibility index (Phi) is 8.49. The van der Waals surface area contributed by atoms with Gasteiger partial charge in [-0.1, -0.05) is 20.8 Å². The highest BCUT2D eigenvalue weighted by Crippen LogP contribution is 2.39. The molecule has 1 aliphatic heterocycles. The van der Waals surface area contributed by atoms with Crippen molar-refractivity contribution in [2.24, 2.45) is 5.73 Å². The smallest absolute Gasteiger partial charge is 0.460 e. The van der Waals surface area contributed by atoms with Gasteiger partial charge in [-0.2, -0.15) is 0 Å². The molecule has 176 valence electrons. The van der Waals surface area contributed by atoms with Gasteiger partial charge in [-0.3, -0.25) is 4.79 Å². The summed E-state index contributed by atoms with van der Waals surface area (Å²) < 4.78 is 24.3. The van der Waals surface area contributed by atoms with Crippen LogP contribution in [0.1, 0.15) is 88.5 Å². The van der Waals surface area contributed by atoms with Gasteiger partial charge in [0.15, 0.2) is 8.32 Å². The number of carbonyl (C=O) groups excluding carboxylic acids is 1. The van der Waals surface area contributed by atoms with Gasteiger partial charge >= 0.3 is 13.1 Å². The Morgan fingerprint density at radius 1 is 1.00 bits per heavy atom. The summed E-state index contributed by atoms with van der Waals surface area (Å²) in [4.78, 5) is 12.5. The van der Waals surface area contributed by atoms with Crippen molar-refractivity contribution in [1.82, 2.24) is 0 Å². The standard InChI is InChI=1S/C22H46BNO5Si/c1-19(2,3)26-18(25)15-16(27-30(11,12)20(4,5)6)13-14-17(24)23-28-21(7,8)22(9,10)29-23/h16-17H,13-15,24H2,1-12H3/t16-,17?/m0/s1. The predicted molar refractivity (Wildman–Crippen MR) is 126 cm³/mol. The molecule has 0 spiro atoms. The van der Waals surface area contributed by atoms with Crippen LogP contribution in [0.2, 0.25) is 18.1 Å². The molecule has 1 saturated heterocycles. The van der Waals surface area contributed by atoms with E-state index in [1.165, 1.54) is 0 Å². The van der Waals surface area contributed by atoms with E-state index in [9.17, 15) is 4.79 Å². The van der Waals surface area contributed by atoms with E-state index < -0.39 is 32.2 Å². The molecule has 0 aliphatic carbocycles. The first-order chi connectivity index (χ1) is 13.2. The SMILES string of the molecule is CC(C)(C)OC(=O)C[C@H](CCC(N)B1OC(C)(C)C(C)(C)O1)O[Si](C)(C)C(C)(C)C. The van der Waals surface area contributed by atoms with Gasteiger partial charge in [0.2, 0.25) is 0 Å². The summed E-state index contributed by atoms with van der Waals surface area (Å²) in [6.45, 7) is 24.7. The number of esters is 1. The van der Waals surface area contributed by atoms with Gasteiger partial charge in [-0.05, 0) is 79.4 Å². The number of ether oxygens (including phenoxy) is 1. The number of hydrogen-bond donors (Lipinski definition) is 1. The first-order valence-corrected chi connectivity index (χ1v) is 14.1. The van der Waals surface area contributed by atoms with Gasteiger partial charge in [-0.15, -0.1) is 0 Å². The molecule has 1 heterocycles. The second-order valence-corrected chi connectivity index (χ2v) is 16.9. The Morgan fingerprint density at radius 2 is 1.47 bits per heavy atom. The molecule has 8 heteroatoms. The van der Waals surface area contributed by atoms with E-state index in [1.54, 1.807) is 0 Å². The molecule has 1 unspecified atom stereocenters. The summed E-state index contributed by atoms with van der Waals surface area (Å²) in [5.74, 6) is -0.536. The maximum atomic E-state index is 12.5. The van der Waals surface area contributed by atoms with Crippen molar-refractivity contribution in [3.8, 4) is 0 Å². The monoisotopic (exact) mass is 443 g/mol. The van der Waals surface area contributed by atoms with E-state index in [0.29, 0.717) is 12.8 Å². The molecule has 1 fully saturated rings. The van der Waals surface area contributed by atoms with Crippen molar-refractivity contribution in [1.29, 1.82) is 0 Å². The van der Waals surface area contributed by atoms with Gasteiger partial charge in [0.1, 0.15) is 5.60 Å². The van der Waals surface area contributed by atoms with E-state index in [2.05, 4.69) is 33.9 Å². The van der Waals surface area contributed by atoms with Crippen LogP contribution in [0.3, 0.4) is 0 Å². The molecule has 1 aliphatic rings. The Morgan fingerprint density at radius 3 is 1.87 bits per heavy atom. The minimum Gasteiger partial charge on any atom is -0.460 e. The molecule has 6 nitrogen and oxygen atoms in total. The molecule has 2 atom stereocenters. The fourth-order valence-electron chi connectivity index (χ4n) is 2.94. The molecule has 1 rings (SSSR count). The highest BCUT2D eigenvalue weighted by molar-refractivity contribution is 6.74. The zero-order valence-electron chi connectivity index (χ0n) is 21.5. The Bertz CT molecular complexity index is 579. The Balaban J connectivity index is 2.84. The quantitative estimate of drug-likeness (QED) is 0.427. The maximum absolute atomic E-state index is 12.5. The van der Waals surface area contributed by atoms with Crippen molar-refractivity contribution >= 4 is 21.4 Å². The second-order valence-electron chi connectivity index (χ2n) is 12.2. The van der Waals surface area contributed by atoms with Crippen LogP contribution in [0.25, 0.3) is 0 Å². The Hall–Kier alpha value is -0.408. The van der Waals surface area contributed by atoms with Crippen LogP contribution in [0, 0.1) is 0 Å². The number of hydrogen-bond acceptors (Lipinski definition) is 6. The summed E-state index contributed by atoms with van der Waals surface area (Å²) in [7, 11) is -2.52. The third kappa shape index (κ3) is 7.62. The average molecular weight is 444 g/mol. The maximum Gasteiger partial charge on any atom is 0.475 e. The molecule has 0 amide bonds. The highest BCUT2D eigenvalue weighted by Gasteiger charge is 2.53. The lowest BCUT2D eigenvalue weighted by atomic mass is 9.76. The zero-order valence-corrected chi connectivity index (χ0v) is 22.5.